The van der Waals surface area contributed by atoms with Crippen molar-refractivity contribution < 1.29 is 28.6 Å². The average Bonchev–Trinajstić information content (AvgIpc) is 3.19. The van der Waals surface area contributed by atoms with Crippen LogP contribution in [0.2, 0.25) is 0 Å². The molecular weight excluding hydrogens is 697 g/mol. The Morgan fingerprint density at radius 1 is 0.375 bits per heavy atom. The maximum absolute atomic E-state index is 12.7. The van der Waals surface area contributed by atoms with Crippen LogP contribution in [0, 0.1) is 0 Å². The van der Waals surface area contributed by atoms with E-state index >= 15 is 0 Å². The highest BCUT2D eigenvalue weighted by atomic mass is 16.6. The van der Waals surface area contributed by atoms with Crippen LogP contribution in [0.1, 0.15) is 168 Å². The number of carbonyl (C=O) groups excluding carboxylic acids is 3. The van der Waals surface area contributed by atoms with Crippen molar-refractivity contribution in [2.75, 3.05) is 13.2 Å². The van der Waals surface area contributed by atoms with Crippen molar-refractivity contribution in [2.24, 2.45) is 0 Å². The van der Waals surface area contributed by atoms with Crippen LogP contribution < -0.4 is 0 Å². The molecule has 0 saturated heterocycles. The molecule has 0 saturated carbocycles. The summed E-state index contributed by atoms with van der Waals surface area (Å²) in [5, 5.41) is 0. The Hall–Kier alpha value is -3.93. The third-order valence-corrected chi connectivity index (χ3v) is 8.49. The molecule has 0 heterocycles. The van der Waals surface area contributed by atoms with E-state index in [9.17, 15) is 14.4 Å². The number of carbonyl (C=O) groups is 3. The molecule has 0 spiro atoms. The van der Waals surface area contributed by atoms with Crippen LogP contribution in [0.4, 0.5) is 0 Å². The van der Waals surface area contributed by atoms with Gasteiger partial charge in [-0.25, -0.2) is 0 Å². The molecule has 314 valence electrons. The SMILES string of the molecule is CC/C=C\C/C=C\C/C=C\C/C=C\C/C=C\CCCC(=O)OCC(COC(=O)CCC/C=C\CCCCCC)OC(=O)CCCC/C=C\C/C=C\C/C=C\CC. The second-order valence-electron chi connectivity index (χ2n) is 13.8. The Morgan fingerprint density at radius 2 is 0.714 bits per heavy atom. The van der Waals surface area contributed by atoms with Crippen LogP contribution in [0.3, 0.4) is 0 Å². The molecule has 1 atom stereocenters. The Labute approximate surface area is 342 Å². The van der Waals surface area contributed by atoms with Gasteiger partial charge in [0, 0.05) is 19.3 Å². The molecule has 0 aromatic carbocycles. The number of allylic oxidation sites excluding steroid dienone is 18. The molecule has 56 heavy (non-hydrogen) atoms. The van der Waals surface area contributed by atoms with Gasteiger partial charge in [0.1, 0.15) is 13.2 Å². The van der Waals surface area contributed by atoms with Crippen LogP contribution >= 0.6 is 0 Å². The van der Waals surface area contributed by atoms with Crippen molar-refractivity contribution in [3.8, 4) is 0 Å². The third-order valence-electron chi connectivity index (χ3n) is 8.49. The topological polar surface area (TPSA) is 78.9 Å². The Bertz CT molecular complexity index is 1210. The molecular formula is C50H78O6. The van der Waals surface area contributed by atoms with Gasteiger partial charge in [-0.1, -0.05) is 149 Å². The molecule has 0 aliphatic rings. The fraction of sp³-hybridized carbons (Fsp3) is 0.580. The van der Waals surface area contributed by atoms with Crippen molar-refractivity contribution in [3.05, 3.63) is 109 Å². The third kappa shape index (κ3) is 41.2. The largest absolute Gasteiger partial charge is 0.462 e. The van der Waals surface area contributed by atoms with E-state index in [2.05, 4.69) is 130 Å². The number of hydrogen-bond acceptors (Lipinski definition) is 6. The lowest BCUT2D eigenvalue weighted by molar-refractivity contribution is -0.167. The van der Waals surface area contributed by atoms with Gasteiger partial charge in [0.15, 0.2) is 6.10 Å². The predicted octanol–water partition coefficient (Wildman–Crippen LogP) is 14.0. The van der Waals surface area contributed by atoms with Gasteiger partial charge >= 0.3 is 17.9 Å². The summed E-state index contributed by atoms with van der Waals surface area (Å²) in [6, 6.07) is 0. The fourth-order valence-corrected chi connectivity index (χ4v) is 5.26. The quantitative estimate of drug-likeness (QED) is 0.0271. The first-order valence-corrected chi connectivity index (χ1v) is 21.9. The van der Waals surface area contributed by atoms with Gasteiger partial charge in [-0.05, 0) is 109 Å². The maximum atomic E-state index is 12.7. The summed E-state index contributed by atoms with van der Waals surface area (Å²) < 4.78 is 16.5. The first kappa shape index (κ1) is 52.1. The summed E-state index contributed by atoms with van der Waals surface area (Å²) in [5.41, 5.74) is 0. The first-order valence-electron chi connectivity index (χ1n) is 21.9. The highest BCUT2D eigenvalue weighted by Crippen LogP contribution is 2.09. The zero-order chi connectivity index (χ0) is 40.8. The molecule has 6 nitrogen and oxygen atoms in total. The van der Waals surface area contributed by atoms with Crippen LogP contribution in [0.15, 0.2) is 109 Å². The second kappa shape index (κ2) is 43.8. The molecule has 0 aliphatic carbocycles. The summed E-state index contributed by atoms with van der Waals surface area (Å²) in [5.74, 6) is -1.08. The van der Waals surface area contributed by atoms with Crippen molar-refractivity contribution in [1.29, 1.82) is 0 Å². The van der Waals surface area contributed by atoms with Gasteiger partial charge in [-0.15, -0.1) is 0 Å². The molecule has 1 unspecified atom stereocenters. The number of ether oxygens (including phenoxy) is 3. The number of rotatable bonds is 37. The minimum atomic E-state index is -0.830. The smallest absolute Gasteiger partial charge is 0.306 e. The number of hydrogen-bond donors (Lipinski definition) is 0. The summed E-state index contributed by atoms with van der Waals surface area (Å²) >= 11 is 0. The van der Waals surface area contributed by atoms with Gasteiger partial charge in [0.25, 0.3) is 0 Å². The van der Waals surface area contributed by atoms with E-state index in [0.29, 0.717) is 19.3 Å². The Morgan fingerprint density at radius 3 is 1.12 bits per heavy atom. The molecule has 0 radical (unpaired) electrons. The van der Waals surface area contributed by atoms with Gasteiger partial charge in [0.2, 0.25) is 0 Å². The van der Waals surface area contributed by atoms with E-state index in [-0.39, 0.29) is 50.4 Å². The van der Waals surface area contributed by atoms with E-state index in [1.807, 2.05) is 0 Å². The van der Waals surface area contributed by atoms with E-state index in [1.54, 1.807) is 0 Å². The zero-order valence-corrected chi connectivity index (χ0v) is 35.6. The molecule has 6 heteroatoms. The van der Waals surface area contributed by atoms with Crippen molar-refractivity contribution in [2.45, 2.75) is 175 Å². The molecule has 0 bridgehead atoms. The molecule has 0 aromatic heterocycles. The number of esters is 3. The van der Waals surface area contributed by atoms with E-state index in [1.165, 1.54) is 25.7 Å². The standard InChI is InChI=1S/C50H78O6/c1-4-7-10-13-16-19-21-23-24-25-26-27-29-31-34-37-40-43-49(52)55-46-47(45-54-48(51)42-39-36-33-30-18-15-12-9-6-3)56-50(53)44-41-38-35-32-28-22-20-17-14-11-8-5-2/h7-8,10-11,16-17,19-20,23-24,26-28,30-34,47H,4-6,9,12-15,18,21-22,25,29,35-46H2,1-3H3/b10-7-,11-8-,19-16-,20-17-,24-23-,27-26-,32-28-,33-30-,34-31-. The van der Waals surface area contributed by atoms with Crippen molar-refractivity contribution in [1.82, 2.24) is 0 Å². The molecule has 0 aromatic rings. The minimum absolute atomic E-state index is 0.129. The van der Waals surface area contributed by atoms with Crippen LogP contribution in [-0.4, -0.2) is 37.2 Å². The minimum Gasteiger partial charge on any atom is -0.462 e. The van der Waals surface area contributed by atoms with Gasteiger partial charge in [-0.3, -0.25) is 14.4 Å². The highest BCUT2D eigenvalue weighted by molar-refractivity contribution is 5.71. The summed E-state index contributed by atoms with van der Waals surface area (Å²) in [6.07, 6.45) is 58.1. The zero-order valence-electron chi connectivity index (χ0n) is 35.6. The van der Waals surface area contributed by atoms with E-state index in [4.69, 9.17) is 14.2 Å². The Kier molecular flexibility index (Phi) is 40.7. The predicted molar refractivity (Wildman–Crippen MR) is 237 cm³/mol. The van der Waals surface area contributed by atoms with E-state index < -0.39 is 6.10 Å². The summed E-state index contributed by atoms with van der Waals surface area (Å²) in [6.45, 7) is 6.22. The molecule has 0 aliphatic heterocycles. The first-order chi connectivity index (χ1) is 27.5. The lowest BCUT2D eigenvalue weighted by Crippen LogP contribution is -2.30. The van der Waals surface area contributed by atoms with E-state index in [0.717, 1.165) is 83.5 Å². The molecule has 0 rings (SSSR count). The molecule has 0 fully saturated rings. The Balaban J connectivity index is 4.56. The van der Waals surface area contributed by atoms with Crippen LogP contribution in [0.5, 0.6) is 0 Å². The highest BCUT2D eigenvalue weighted by Gasteiger charge is 2.19. The summed E-state index contributed by atoms with van der Waals surface area (Å²) in [7, 11) is 0. The summed E-state index contributed by atoms with van der Waals surface area (Å²) in [4.78, 5) is 37.6. The van der Waals surface area contributed by atoms with Crippen molar-refractivity contribution in [3.63, 3.8) is 0 Å². The van der Waals surface area contributed by atoms with Gasteiger partial charge in [0.05, 0.1) is 0 Å². The van der Waals surface area contributed by atoms with Crippen LogP contribution in [0.25, 0.3) is 0 Å². The average molecular weight is 775 g/mol. The lowest BCUT2D eigenvalue weighted by Gasteiger charge is -2.18. The second-order valence-corrected chi connectivity index (χ2v) is 13.8. The fourth-order valence-electron chi connectivity index (χ4n) is 5.26. The maximum Gasteiger partial charge on any atom is 0.306 e. The lowest BCUT2D eigenvalue weighted by atomic mass is 10.1. The van der Waals surface area contributed by atoms with Gasteiger partial charge in [-0.2, -0.15) is 0 Å². The molecule has 0 N–H and O–H groups in total. The number of unbranched alkanes of at least 4 members (excludes halogenated alkanes) is 8. The van der Waals surface area contributed by atoms with Crippen molar-refractivity contribution >= 4 is 17.9 Å². The van der Waals surface area contributed by atoms with Crippen LogP contribution in [-0.2, 0) is 28.6 Å². The normalized spacial score (nSPS) is 13.1. The monoisotopic (exact) mass is 775 g/mol. The molecule has 0 amide bonds. The van der Waals surface area contributed by atoms with Gasteiger partial charge < -0.3 is 14.2 Å².